The maximum Gasteiger partial charge on any atom is 0.0587 e. The van der Waals surface area contributed by atoms with Crippen LogP contribution in [0.1, 0.15) is 51.9 Å². The van der Waals surface area contributed by atoms with Crippen LogP contribution in [-0.2, 0) is 4.74 Å². The number of rotatable bonds is 5. The van der Waals surface area contributed by atoms with Crippen LogP contribution in [0.2, 0.25) is 0 Å². The summed E-state index contributed by atoms with van der Waals surface area (Å²) >= 11 is 0. The van der Waals surface area contributed by atoms with Gasteiger partial charge in [-0.2, -0.15) is 0 Å². The standard InChI is InChI=1S/C16H30N2O/c1-2-16-11-15(7-10-19-16)18(14-3-4-14)12-13-5-8-17-9-6-13/h13-17H,2-12H2,1H3. The van der Waals surface area contributed by atoms with Gasteiger partial charge < -0.3 is 10.1 Å². The fourth-order valence-electron chi connectivity index (χ4n) is 3.81. The molecule has 1 N–H and O–H groups in total. The van der Waals surface area contributed by atoms with Crippen molar-refractivity contribution in [1.82, 2.24) is 10.2 Å². The largest absolute Gasteiger partial charge is 0.378 e. The maximum atomic E-state index is 5.86. The lowest BCUT2D eigenvalue weighted by Gasteiger charge is -2.40. The first-order valence-electron chi connectivity index (χ1n) is 8.45. The molecule has 2 atom stereocenters. The Morgan fingerprint density at radius 2 is 1.84 bits per heavy atom. The highest BCUT2D eigenvalue weighted by Crippen LogP contribution is 2.34. The molecule has 0 radical (unpaired) electrons. The van der Waals surface area contributed by atoms with Gasteiger partial charge in [0.25, 0.3) is 0 Å². The summed E-state index contributed by atoms with van der Waals surface area (Å²) < 4.78 is 5.86. The lowest BCUT2D eigenvalue weighted by molar-refractivity contribution is -0.0341. The summed E-state index contributed by atoms with van der Waals surface area (Å²) in [5.41, 5.74) is 0. The van der Waals surface area contributed by atoms with Crippen molar-refractivity contribution in [2.45, 2.75) is 70.1 Å². The molecule has 19 heavy (non-hydrogen) atoms. The SMILES string of the molecule is CCC1CC(N(CC2CCNCC2)C2CC2)CCO1. The molecule has 0 aromatic rings. The van der Waals surface area contributed by atoms with Gasteiger partial charge in [-0.3, -0.25) is 4.90 Å². The van der Waals surface area contributed by atoms with Gasteiger partial charge >= 0.3 is 0 Å². The Morgan fingerprint density at radius 1 is 1.05 bits per heavy atom. The predicted molar refractivity (Wildman–Crippen MR) is 78.4 cm³/mol. The number of hydrogen-bond donors (Lipinski definition) is 1. The van der Waals surface area contributed by atoms with E-state index in [0.717, 1.165) is 24.6 Å². The van der Waals surface area contributed by atoms with Crippen LogP contribution in [0.15, 0.2) is 0 Å². The number of hydrogen-bond acceptors (Lipinski definition) is 3. The zero-order valence-electron chi connectivity index (χ0n) is 12.4. The molecule has 1 saturated carbocycles. The second-order valence-electron chi connectivity index (χ2n) is 6.70. The molecule has 3 nitrogen and oxygen atoms in total. The van der Waals surface area contributed by atoms with Crippen LogP contribution >= 0.6 is 0 Å². The van der Waals surface area contributed by atoms with Gasteiger partial charge in [-0.25, -0.2) is 0 Å². The number of ether oxygens (including phenoxy) is 1. The second-order valence-corrected chi connectivity index (χ2v) is 6.70. The van der Waals surface area contributed by atoms with E-state index in [1.807, 2.05) is 0 Å². The van der Waals surface area contributed by atoms with Gasteiger partial charge in [-0.1, -0.05) is 6.92 Å². The summed E-state index contributed by atoms with van der Waals surface area (Å²) in [6.07, 6.45) is 9.89. The van der Waals surface area contributed by atoms with E-state index in [1.165, 1.54) is 64.6 Å². The van der Waals surface area contributed by atoms with Gasteiger partial charge in [0.1, 0.15) is 0 Å². The van der Waals surface area contributed by atoms with Crippen molar-refractivity contribution >= 4 is 0 Å². The van der Waals surface area contributed by atoms with Crippen molar-refractivity contribution in [3.05, 3.63) is 0 Å². The van der Waals surface area contributed by atoms with Crippen molar-refractivity contribution in [2.75, 3.05) is 26.2 Å². The van der Waals surface area contributed by atoms with Gasteiger partial charge in [-0.15, -0.1) is 0 Å². The summed E-state index contributed by atoms with van der Waals surface area (Å²) in [4.78, 5) is 2.88. The molecule has 2 unspecified atom stereocenters. The summed E-state index contributed by atoms with van der Waals surface area (Å²) in [7, 11) is 0. The van der Waals surface area contributed by atoms with E-state index in [1.54, 1.807) is 0 Å². The van der Waals surface area contributed by atoms with Crippen molar-refractivity contribution in [3.63, 3.8) is 0 Å². The Kier molecular flexibility index (Phi) is 4.78. The van der Waals surface area contributed by atoms with Crippen LogP contribution in [0.3, 0.4) is 0 Å². The van der Waals surface area contributed by atoms with E-state index in [2.05, 4.69) is 17.1 Å². The molecule has 2 aliphatic heterocycles. The third-order valence-corrected chi connectivity index (χ3v) is 5.21. The first-order valence-corrected chi connectivity index (χ1v) is 8.45. The predicted octanol–water partition coefficient (Wildman–Crippen LogP) is 2.41. The monoisotopic (exact) mass is 266 g/mol. The van der Waals surface area contributed by atoms with Crippen molar-refractivity contribution in [2.24, 2.45) is 5.92 Å². The van der Waals surface area contributed by atoms with Gasteiger partial charge in [0.15, 0.2) is 0 Å². The Labute approximate surface area is 118 Å². The molecule has 3 rings (SSSR count). The van der Waals surface area contributed by atoms with Gasteiger partial charge in [0.2, 0.25) is 0 Å². The second kappa shape index (κ2) is 6.55. The lowest BCUT2D eigenvalue weighted by Crippen LogP contribution is -2.46. The average molecular weight is 266 g/mol. The average Bonchev–Trinajstić information content (AvgIpc) is 3.30. The van der Waals surface area contributed by atoms with E-state index < -0.39 is 0 Å². The molecule has 3 aliphatic rings. The summed E-state index contributed by atoms with van der Waals surface area (Å²) in [6, 6.07) is 1.72. The molecule has 3 heteroatoms. The van der Waals surface area contributed by atoms with Crippen LogP contribution < -0.4 is 5.32 Å². The van der Waals surface area contributed by atoms with E-state index in [4.69, 9.17) is 4.74 Å². The maximum absolute atomic E-state index is 5.86. The van der Waals surface area contributed by atoms with Crippen molar-refractivity contribution < 1.29 is 4.74 Å². The zero-order chi connectivity index (χ0) is 13.1. The highest BCUT2D eigenvalue weighted by atomic mass is 16.5. The van der Waals surface area contributed by atoms with Crippen LogP contribution in [-0.4, -0.2) is 49.3 Å². The zero-order valence-corrected chi connectivity index (χ0v) is 12.4. The fourth-order valence-corrected chi connectivity index (χ4v) is 3.81. The fraction of sp³-hybridized carbons (Fsp3) is 1.00. The molecule has 1 aliphatic carbocycles. The minimum absolute atomic E-state index is 0.521. The molecule has 0 aromatic heterocycles. The van der Waals surface area contributed by atoms with E-state index in [9.17, 15) is 0 Å². The molecular weight excluding hydrogens is 236 g/mol. The van der Waals surface area contributed by atoms with E-state index in [0.29, 0.717) is 6.10 Å². The Bertz CT molecular complexity index is 274. The quantitative estimate of drug-likeness (QED) is 0.827. The first kappa shape index (κ1) is 13.8. The van der Waals surface area contributed by atoms with Gasteiger partial charge in [0, 0.05) is 25.2 Å². The number of nitrogens with one attached hydrogen (secondary N) is 1. The molecule has 110 valence electrons. The molecule has 2 saturated heterocycles. The number of piperidine rings is 1. The molecular formula is C16H30N2O. The third-order valence-electron chi connectivity index (χ3n) is 5.21. The normalized spacial score (nSPS) is 33.8. The molecule has 3 fully saturated rings. The minimum atomic E-state index is 0.521. The lowest BCUT2D eigenvalue weighted by atomic mass is 9.94. The molecule has 0 spiro atoms. The van der Waals surface area contributed by atoms with Crippen LogP contribution in [0, 0.1) is 5.92 Å². The van der Waals surface area contributed by atoms with E-state index >= 15 is 0 Å². The molecule has 2 heterocycles. The smallest absolute Gasteiger partial charge is 0.0587 e. The Morgan fingerprint density at radius 3 is 2.53 bits per heavy atom. The van der Waals surface area contributed by atoms with Crippen molar-refractivity contribution in [3.8, 4) is 0 Å². The molecule has 0 bridgehead atoms. The van der Waals surface area contributed by atoms with E-state index in [-0.39, 0.29) is 0 Å². The third kappa shape index (κ3) is 3.71. The van der Waals surface area contributed by atoms with Gasteiger partial charge in [-0.05, 0) is 64.0 Å². The number of nitrogens with zero attached hydrogens (tertiary/aromatic N) is 1. The van der Waals surface area contributed by atoms with Crippen LogP contribution in [0.5, 0.6) is 0 Å². The Hall–Kier alpha value is -0.120. The van der Waals surface area contributed by atoms with Gasteiger partial charge in [0.05, 0.1) is 6.10 Å². The highest BCUT2D eigenvalue weighted by Gasteiger charge is 2.37. The van der Waals surface area contributed by atoms with Crippen LogP contribution in [0.4, 0.5) is 0 Å². The summed E-state index contributed by atoms with van der Waals surface area (Å²) in [5, 5.41) is 3.49. The molecule has 0 aromatic carbocycles. The molecule has 0 amide bonds. The highest BCUT2D eigenvalue weighted by molar-refractivity contribution is 4.92. The summed E-state index contributed by atoms with van der Waals surface area (Å²) in [6.45, 7) is 7.07. The Balaban J connectivity index is 1.56. The first-order chi connectivity index (χ1) is 9.36. The van der Waals surface area contributed by atoms with Crippen molar-refractivity contribution in [1.29, 1.82) is 0 Å². The van der Waals surface area contributed by atoms with Crippen LogP contribution in [0.25, 0.3) is 0 Å². The topological polar surface area (TPSA) is 24.5 Å². The summed E-state index contributed by atoms with van der Waals surface area (Å²) in [5.74, 6) is 0.935. The minimum Gasteiger partial charge on any atom is -0.378 e.